The summed E-state index contributed by atoms with van der Waals surface area (Å²) in [6.45, 7) is 3.28. The van der Waals surface area contributed by atoms with E-state index in [1.807, 2.05) is 11.5 Å². The van der Waals surface area contributed by atoms with E-state index in [9.17, 15) is 13.2 Å². The van der Waals surface area contributed by atoms with E-state index >= 15 is 0 Å². The fourth-order valence-electron chi connectivity index (χ4n) is 2.19. The molecule has 0 bridgehead atoms. The van der Waals surface area contributed by atoms with Gasteiger partial charge in [0.1, 0.15) is 0 Å². The molecule has 1 N–H and O–H groups in total. The fraction of sp³-hybridized carbons (Fsp3) is 0.533. The summed E-state index contributed by atoms with van der Waals surface area (Å²) in [5, 5.41) is 9.33. The Labute approximate surface area is 136 Å². The average molecular weight is 348 g/mol. The van der Waals surface area contributed by atoms with Gasteiger partial charge in [0.05, 0.1) is 36.4 Å². The third-order valence-corrected chi connectivity index (χ3v) is 4.12. The number of imidazole rings is 1. The molecule has 0 atom stereocenters. The molecule has 0 radical (unpaired) electrons. The smallest absolute Gasteiger partial charge is 0.394 e. The van der Waals surface area contributed by atoms with Gasteiger partial charge in [0.25, 0.3) is 0 Å². The van der Waals surface area contributed by atoms with Gasteiger partial charge < -0.3 is 14.4 Å². The van der Waals surface area contributed by atoms with Crippen molar-refractivity contribution < 1.29 is 23.0 Å². The zero-order valence-electron chi connectivity index (χ0n) is 12.8. The number of nitrogens with zero attached hydrogens (tertiary/aromatic N) is 2. The highest BCUT2D eigenvalue weighted by molar-refractivity contribution is 7.99. The highest BCUT2D eigenvalue weighted by Crippen LogP contribution is 2.33. The lowest BCUT2D eigenvalue weighted by Gasteiger charge is -2.09. The number of hydrogen-bond acceptors (Lipinski definition) is 4. The van der Waals surface area contributed by atoms with Crippen LogP contribution in [0.1, 0.15) is 18.9 Å². The van der Waals surface area contributed by atoms with Crippen LogP contribution in [0, 0.1) is 0 Å². The summed E-state index contributed by atoms with van der Waals surface area (Å²) < 4.78 is 45.7. The summed E-state index contributed by atoms with van der Waals surface area (Å²) in [5.74, 6) is 0.624. The van der Waals surface area contributed by atoms with Gasteiger partial charge in [-0.2, -0.15) is 13.2 Å². The molecule has 0 fully saturated rings. The van der Waals surface area contributed by atoms with Crippen LogP contribution < -0.4 is 0 Å². The second kappa shape index (κ2) is 8.03. The third kappa shape index (κ3) is 4.62. The number of halogens is 3. The van der Waals surface area contributed by atoms with Crippen LogP contribution in [-0.2, 0) is 17.5 Å². The number of fused-ring (bicyclic) bond motifs is 1. The highest BCUT2D eigenvalue weighted by atomic mass is 32.2. The number of ether oxygens (including phenoxy) is 1. The molecule has 0 amide bonds. The van der Waals surface area contributed by atoms with E-state index in [0.29, 0.717) is 35.1 Å². The van der Waals surface area contributed by atoms with Crippen molar-refractivity contribution in [3.05, 3.63) is 23.8 Å². The van der Waals surface area contributed by atoms with E-state index in [4.69, 9.17) is 9.84 Å². The number of aromatic nitrogens is 2. The van der Waals surface area contributed by atoms with Gasteiger partial charge in [-0.3, -0.25) is 0 Å². The maximum absolute atomic E-state index is 12.9. The van der Waals surface area contributed by atoms with Gasteiger partial charge in [-0.15, -0.1) is 0 Å². The number of rotatable bonds is 8. The van der Waals surface area contributed by atoms with Crippen molar-refractivity contribution in [3.8, 4) is 0 Å². The van der Waals surface area contributed by atoms with E-state index in [2.05, 4.69) is 4.98 Å². The minimum Gasteiger partial charge on any atom is -0.394 e. The maximum Gasteiger partial charge on any atom is 0.416 e. The predicted molar refractivity (Wildman–Crippen MR) is 83.7 cm³/mol. The van der Waals surface area contributed by atoms with E-state index in [1.165, 1.54) is 17.8 Å². The van der Waals surface area contributed by atoms with Gasteiger partial charge in [0.15, 0.2) is 5.16 Å². The molecule has 0 unspecified atom stereocenters. The first-order valence-electron chi connectivity index (χ1n) is 7.36. The van der Waals surface area contributed by atoms with Gasteiger partial charge in [-0.25, -0.2) is 4.98 Å². The topological polar surface area (TPSA) is 47.3 Å². The van der Waals surface area contributed by atoms with Gasteiger partial charge in [-0.1, -0.05) is 18.7 Å². The van der Waals surface area contributed by atoms with Crippen LogP contribution in [0.4, 0.5) is 13.2 Å². The highest BCUT2D eigenvalue weighted by Gasteiger charge is 2.31. The van der Waals surface area contributed by atoms with E-state index in [1.54, 1.807) is 0 Å². The molecule has 0 aliphatic heterocycles. The molecule has 2 rings (SSSR count). The zero-order valence-corrected chi connectivity index (χ0v) is 13.6. The molecule has 0 saturated carbocycles. The van der Waals surface area contributed by atoms with Crippen molar-refractivity contribution in [3.63, 3.8) is 0 Å². The van der Waals surface area contributed by atoms with E-state index < -0.39 is 11.7 Å². The third-order valence-electron chi connectivity index (χ3n) is 3.18. The molecular formula is C15H19F3N2O2S. The molecule has 0 aliphatic rings. The van der Waals surface area contributed by atoms with Crippen molar-refractivity contribution in [1.82, 2.24) is 9.55 Å². The SMILES string of the molecule is CCCn1c(SCCOCCO)nc2ccc(C(F)(F)F)cc21. The van der Waals surface area contributed by atoms with Crippen LogP contribution in [0.3, 0.4) is 0 Å². The van der Waals surface area contributed by atoms with Crippen LogP contribution in [0.2, 0.25) is 0 Å². The Bertz CT molecular complexity index is 643. The van der Waals surface area contributed by atoms with Crippen LogP contribution >= 0.6 is 11.8 Å². The number of aliphatic hydroxyl groups excluding tert-OH is 1. The first kappa shape index (κ1) is 18.1. The summed E-state index contributed by atoms with van der Waals surface area (Å²) in [6.07, 6.45) is -3.56. The molecule has 0 aliphatic carbocycles. The first-order valence-corrected chi connectivity index (χ1v) is 8.34. The van der Waals surface area contributed by atoms with Crippen molar-refractivity contribution in [1.29, 1.82) is 0 Å². The molecular weight excluding hydrogens is 329 g/mol. The van der Waals surface area contributed by atoms with Gasteiger partial charge >= 0.3 is 6.18 Å². The first-order chi connectivity index (χ1) is 11.0. The predicted octanol–water partition coefficient (Wildman–Crippen LogP) is 3.57. The zero-order chi connectivity index (χ0) is 16.9. The Hall–Kier alpha value is -1.25. The normalized spacial score (nSPS) is 12.2. The monoisotopic (exact) mass is 348 g/mol. The van der Waals surface area contributed by atoms with Crippen molar-refractivity contribution in [2.45, 2.75) is 31.2 Å². The standard InChI is InChI=1S/C15H19F3N2O2S/c1-2-5-20-13-10-11(15(16,17)18)3-4-12(13)19-14(20)23-9-8-22-7-6-21/h3-4,10,21H,2,5-9H2,1H3. The fourth-order valence-corrected chi connectivity index (χ4v) is 3.08. The number of hydrogen-bond donors (Lipinski definition) is 1. The Morgan fingerprint density at radius 3 is 2.74 bits per heavy atom. The van der Waals surface area contributed by atoms with Crippen LogP contribution in [0.25, 0.3) is 11.0 Å². The molecule has 23 heavy (non-hydrogen) atoms. The molecule has 0 spiro atoms. The summed E-state index contributed by atoms with van der Waals surface area (Å²) in [5.41, 5.74) is 0.399. The largest absolute Gasteiger partial charge is 0.416 e. The Balaban J connectivity index is 2.24. The molecule has 1 aromatic heterocycles. The number of alkyl halides is 3. The summed E-state index contributed by atoms with van der Waals surface area (Å²) in [7, 11) is 0. The lowest BCUT2D eigenvalue weighted by atomic mass is 10.2. The lowest BCUT2D eigenvalue weighted by molar-refractivity contribution is -0.137. The Morgan fingerprint density at radius 2 is 2.09 bits per heavy atom. The number of aryl methyl sites for hydroxylation is 1. The van der Waals surface area contributed by atoms with Gasteiger partial charge in [-0.05, 0) is 24.6 Å². The molecule has 8 heteroatoms. The molecule has 4 nitrogen and oxygen atoms in total. The van der Waals surface area contributed by atoms with Crippen molar-refractivity contribution in [2.75, 3.05) is 25.6 Å². The minimum atomic E-state index is -4.36. The van der Waals surface area contributed by atoms with Crippen LogP contribution in [0.15, 0.2) is 23.4 Å². The molecule has 0 saturated heterocycles. The van der Waals surface area contributed by atoms with E-state index in [-0.39, 0.29) is 13.2 Å². The van der Waals surface area contributed by atoms with Crippen molar-refractivity contribution in [2.24, 2.45) is 0 Å². The maximum atomic E-state index is 12.9. The molecule has 2 aromatic rings. The summed E-state index contributed by atoms with van der Waals surface area (Å²) >= 11 is 1.44. The number of benzene rings is 1. The average Bonchev–Trinajstić information content (AvgIpc) is 2.84. The van der Waals surface area contributed by atoms with Gasteiger partial charge in [0, 0.05) is 12.3 Å². The second-order valence-corrected chi connectivity index (χ2v) is 5.99. The van der Waals surface area contributed by atoms with Crippen molar-refractivity contribution >= 4 is 22.8 Å². The Morgan fingerprint density at radius 1 is 1.30 bits per heavy atom. The number of aliphatic hydroxyl groups is 1. The Kier molecular flexibility index (Phi) is 6.32. The summed E-state index contributed by atoms with van der Waals surface area (Å²) in [4.78, 5) is 4.43. The quantitative estimate of drug-likeness (QED) is 0.585. The second-order valence-electron chi connectivity index (χ2n) is 4.93. The van der Waals surface area contributed by atoms with Crippen LogP contribution in [0.5, 0.6) is 0 Å². The number of thioether (sulfide) groups is 1. The molecule has 1 heterocycles. The minimum absolute atomic E-state index is 0.0285. The lowest BCUT2D eigenvalue weighted by Crippen LogP contribution is -2.06. The molecule has 1 aromatic carbocycles. The summed E-state index contributed by atoms with van der Waals surface area (Å²) in [6, 6.07) is 3.63. The van der Waals surface area contributed by atoms with E-state index in [0.717, 1.165) is 18.6 Å². The van der Waals surface area contributed by atoms with Gasteiger partial charge in [0.2, 0.25) is 0 Å². The van der Waals surface area contributed by atoms with Crippen LogP contribution in [-0.4, -0.2) is 40.2 Å². The molecule has 128 valence electrons.